The third kappa shape index (κ3) is 2.72. The molecular weight excluding hydrogens is 166 g/mol. The molecule has 0 aliphatic heterocycles. The number of aliphatic hydroxyl groups is 1. The normalized spacial score (nSPS) is 12.5. The van der Waals surface area contributed by atoms with Gasteiger partial charge in [0.2, 0.25) is 0 Å². The highest BCUT2D eigenvalue weighted by Crippen LogP contribution is 2.18. The number of nitrogens with two attached hydrogens (primary N) is 1. The van der Waals surface area contributed by atoms with E-state index in [4.69, 9.17) is 10.5 Å². The van der Waals surface area contributed by atoms with Crippen LogP contribution in [0.5, 0.6) is 5.75 Å². The minimum absolute atomic E-state index is 0.232. The average molecular weight is 181 g/mol. The first-order chi connectivity index (χ1) is 6.27. The van der Waals surface area contributed by atoms with Gasteiger partial charge >= 0.3 is 0 Å². The fourth-order valence-corrected chi connectivity index (χ4v) is 1.11. The molecule has 0 heterocycles. The second-order valence-corrected chi connectivity index (χ2v) is 2.76. The lowest BCUT2D eigenvalue weighted by molar-refractivity contribution is 0.186. The van der Waals surface area contributed by atoms with Crippen molar-refractivity contribution in [2.24, 2.45) is 5.73 Å². The highest BCUT2D eigenvalue weighted by atomic mass is 16.5. The molecule has 0 spiro atoms. The van der Waals surface area contributed by atoms with Gasteiger partial charge in [0.15, 0.2) is 0 Å². The monoisotopic (exact) mass is 181 g/mol. The number of hydrogen-bond donors (Lipinski definition) is 2. The summed E-state index contributed by atoms with van der Waals surface area (Å²) in [5.41, 5.74) is 6.14. The zero-order valence-electron chi connectivity index (χ0n) is 7.73. The molecule has 0 aromatic heterocycles. The third-order valence-electron chi connectivity index (χ3n) is 1.78. The molecule has 0 aliphatic carbocycles. The summed E-state index contributed by atoms with van der Waals surface area (Å²) in [4.78, 5) is 0. The van der Waals surface area contributed by atoms with Gasteiger partial charge in [0.25, 0.3) is 0 Å². The van der Waals surface area contributed by atoms with E-state index in [2.05, 4.69) is 0 Å². The summed E-state index contributed by atoms with van der Waals surface area (Å²) in [6.45, 7) is 2.78. The Hall–Kier alpha value is -1.06. The Balaban J connectivity index is 2.78. The summed E-state index contributed by atoms with van der Waals surface area (Å²) in [5.74, 6) is 0.771. The molecule has 0 fully saturated rings. The predicted molar refractivity (Wildman–Crippen MR) is 51.6 cm³/mol. The molecule has 0 saturated heterocycles. The van der Waals surface area contributed by atoms with Gasteiger partial charge in [-0.05, 0) is 24.6 Å². The molecule has 1 rings (SSSR count). The van der Waals surface area contributed by atoms with Crippen molar-refractivity contribution in [1.82, 2.24) is 0 Å². The number of rotatable bonds is 4. The number of benzene rings is 1. The summed E-state index contributed by atoms with van der Waals surface area (Å²) in [6, 6.07) is 7.34. The van der Waals surface area contributed by atoms with Gasteiger partial charge < -0.3 is 15.6 Å². The number of hydrogen-bond acceptors (Lipinski definition) is 3. The van der Waals surface area contributed by atoms with E-state index in [1.54, 1.807) is 6.07 Å². The Morgan fingerprint density at radius 1 is 1.54 bits per heavy atom. The van der Waals surface area contributed by atoms with E-state index in [9.17, 15) is 5.11 Å². The smallest absolute Gasteiger partial charge is 0.119 e. The van der Waals surface area contributed by atoms with Crippen molar-refractivity contribution in [3.05, 3.63) is 29.8 Å². The van der Waals surface area contributed by atoms with Crippen LogP contribution in [0.3, 0.4) is 0 Å². The zero-order chi connectivity index (χ0) is 9.68. The third-order valence-corrected chi connectivity index (χ3v) is 1.78. The van der Waals surface area contributed by atoms with Crippen molar-refractivity contribution in [2.75, 3.05) is 13.2 Å². The van der Waals surface area contributed by atoms with Crippen LogP contribution in [0.25, 0.3) is 0 Å². The maximum Gasteiger partial charge on any atom is 0.119 e. The van der Waals surface area contributed by atoms with Crippen molar-refractivity contribution in [3.63, 3.8) is 0 Å². The molecular formula is C10H15NO2. The van der Waals surface area contributed by atoms with Crippen molar-refractivity contribution in [2.45, 2.75) is 13.0 Å². The van der Waals surface area contributed by atoms with Crippen LogP contribution in [0.1, 0.15) is 18.6 Å². The second kappa shape index (κ2) is 4.84. The van der Waals surface area contributed by atoms with Gasteiger partial charge in [-0.15, -0.1) is 0 Å². The Morgan fingerprint density at radius 2 is 2.31 bits per heavy atom. The van der Waals surface area contributed by atoms with Gasteiger partial charge in [-0.3, -0.25) is 0 Å². The Labute approximate surface area is 78.1 Å². The van der Waals surface area contributed by atoms with Crippen molar-refractivity contribution >= 4 is 0 Å². The largest absolute Gasteiger partial charge is 0.494 e. The molecule has 3 heteroatoms. The highest BCUT2D eigenvalue weighted by molar-refractivity contribution is 5.29. The van der Waals surface area contributed by atoms with Crippen molar-refractivity contribution < 1.29 is 9.84 Å². The fraction of sp³-hybridized carbons (Fsp3) is 0.400. The van der Waals surface area contributed by atoms with Crippen LogP contribution in [-0.4, -0.2) is 18.3 Å². The summed E-state index contributed by atoms with van der Waals surface area (Å²) in [6.07, 6.45) is -0.597. The fourth-order valence-electron chi connectivity index (χ4n) is 1.11. The molecule has 72 valence electrons. The first kappa shape index (κ1) is 10.0. The van der Waals surface area contributed by atoms with E-state index in [-0.39, 0.29) is 6.54 Å². The maximum atomic E-state index is 9.44. The Morgan fingerprint density at radius 3 is 2.92 bits per heavy atom. The molecule has 0 amide bonds. The summed E-state index contributed by atoms with van der Waals surface area (Å²) in [5, 5.41) is 9.44. The maximum absolute atomic E-state index is 9.44. The molecule has 3 nitrogen and oxygen atoms in total. The summed E-state index contributed by atoms with van der Waals surface area (Å²) >= 11 is 0. The van der Waals surface area contributed by atoms with Gasteiger partial charge in [0.1, 0.15) is 5.75 Å². The molecule has 13 heavy (non-hydrogen) atoms. The number of aliphatic hydroxyl groups excluding tert-OH is 1. The summed E-state index contributed by atoms with van der Waals surface area (Å²) < 4.78 is 5.29. The first-order valence-electron chi connectivity index (χ1n) is 4.38. The Kier molecular flexibility index (Phi) is 3.73. The second-order valence-electron chi connectivity index (χ2n) is 2.76. The molecule has 0 aliphatic rings. The predicted octanol–water partition coefficient (Wildman–Crippen LogP) is 1.08. The molecule has 1 aromatic rings. The zero-order valence-corrected chi connectivity index (χ0v) is 7.73. The van der Waals surface area contributed by atoms with Gasteiger partial charge in [0, 0.05) is 6.54 Å². The molecule has 3 N–H and O–H groups in total. The molecule has 0 unspecified atom stereocenters. The number of ether oxygens (including phenoxy) is 1. The average Bonchev–Trinajstić information content (AvgIpc) is 2.18. The molecule has 1 aromatic carbocycles. The van der Waals surface area contributed by atoms with Crippen LogP contribution in [0.2, 0.25) is 0 Å². The van der Waals surface area contributed by atoms with Crippen molar-refractivity contribution in [3.8, 4) is 5.75 Å². The Bertz CT molecular complexity index is 263. The van der Waals surface area contributed by atoms with Crippen molar-refractivity contribution in [1.29, 1.82) is 0 Å². The van der Waals surface area contributed by atoms with Crippen LogP contribution in [0, 0.1) is 0 Å². The SMILES string of the molecule is CCOc1cccc([C@@H](O)CN)c1. The summed E-state index contributed by atoms with van der Waals surface area (Å²) in [7, 11) is 0. The van der Waals surface area contributed by atoms with E-state index < -0.39 is 6.10 Å². The van der Waals surface area contributed by atoms with Crippen LogP contribution in [-0.2, 0) is 0 Å². The minimum atomic E-state index is -0.597. The van der Waals surface area contributed by atoms with Crippen LogP contribution >= 0.6 is 0 Å². The van der Waals surface area contributed by atoms with Gasteiger partial charge in [0.05, 0.1) is 12.7 Å². The lowest BCUT2D eigenvalue weighted by Gasteiger charge is -2.09. The van der Waals surface area contributed by atoms with E-state index in [0.29, 0.717) is 6.61 Å². The molecule has 0 bridgehead atoms. The van der Waals surface area contributed by atoms with E-state index in [1.165, 1.54) is 0 Å². The highest BCUT2D eigenvalue weighted by Gasteiger charge is 2.05. The van der Waals surface area contributed by atoms with Gasteiger partial charge in [-0.25, -0.2) is 0 Å². The van der Waals surface area contributed by atoms with Gasteiger partial charge in [-0.1, -0.05) is 12.1 Å². The van der Waals surface area contributed by atoms with Crippen LogP contribution < -0.4 is 10.5 Å². The topological polar surface area (TPSA) is 55.5 Å². The minimum Gasteiger partial charge on any atom is -0.494 e. The van der Waals surface area contributed by atoms with E-state index in [0.717, 1.165) is 11.3 Å². The first-order valence-corrected chi connectivity index (χ1v) is 4.38. The van der Waals surface area contributed by atoms with Gasteiger partial charge in [-0.2, -0.15) is 0 Å². The van der Waals surface area contributed by atoms with E-state index >= 15 is 0 Å². The lowest BCUT2D eigenvalue weighted by atomic mass is 10.1. The quantitative estimate of drug-likeness (QED) is 0.730. The molecule has 0 saturated carbocycles. The lowest BCUT2D eigenvalue weighted by Crippen LogP contribution is -2.11. The molecule has 1 atom stereocenters. The van der Waals surface area contributed by atoms with Crippen LogP contribution in [0.4, 0.5) is 0 Å². The molecule has 0 radical (unpaired) electrons. The van der Waals surface area contributed by atoms with Crippen LogP contribution in [0.15, 0.2) is 24.3 Å². The van der Waals surface area contributed by atoms with E-state index in [1.807, 2.05) is 25.1 Å². The standard InChI is InChI=1S/C10H15NO2/c1-2-13-9-5-3-4-8(6-9)10(12)7-11/h3-6,10,12H,2,7,11H2,1H3/t10-/m0/s1.